The third-order valence-electron chi connectivity index (χ3n) is 3.79. The third kappa shape index (κ3) is 4.55. The summed E-state index contributed by atoms with van der Waals surface area (Å²) >= 11 is 7.95. The first-order valence-corrected chi connectivity index (χ1v) is 9.50. The van der Waals surface area contributed by atoms with E-state index in [1.54, 1.807) is 11.8 Å². The maximum absolute atomic E-state index is 6.26. The van der Waals surface area contributed by atoms with Crippen molar-refractivity contribution in [1.82, 2.24) is 14.8 Å². The molecule has 0 atom stereocenters. The lowest BCUT2D eigenvalue weighted by molar-refractivity contribution is 0.340. The van der Waals surface area contributed by atoms with Gasteiger partial charge in [0.15, 0.2) is 5.16 Å². The van der Waals surface area contributed by atoms with E-state index in [0.29, 0.717) is 23.8 Å². The van der Waals surface area contributed by atoms with Crippen molar-refractivity contribution in [2.45, 2.75) is 24.3 Å². The van der Waals surface area contributed by atoms with Crippen LogP contribution in [0.4, 0.5) is 0 Å². The zero-order chi connectivity index (χ0) is 17.6. The van der Waals surface area contributed by atoms with Gasteiger partial charge in [-0.05, 0) is 30.2 Å². The van der Waals surface area contributed by atoms with Gasteiger partial charge in [-0.3, -0.25) is 0 Å². The molecule has 25 heavy (non-hydrogen) atoms. The van der Waals surface area contributed by atoms with Gasteiger partial charge in [-0.25, -0.2) is 0 Å². The van der Waals surface area contributed by atoms with E-state index in [4.69, 9.17) is 16.3 Å². The van der Waals surface area contributed by atoms with Gasteiger partial charge < -0.3 is 9.30 Å². The van der Waals surface area contributed by atoms with Gasteiger partial charge in [0.25, 0.3) is 0 Å². The van der Waals surface area contributed by atoms with Crippen LogP contribution in [0.1, 0.15) is 23.9 Å². The van der Waals surface area contributed by atoms with Gasteiger partial charge in [-0.1, -0.05) is 59.8 Å². The molecule has 4 nitrogen and oxygen atoms in total. The first kappa shape index (κ1) is 17.8. The predicted octanol–water partition coefficient (Wildman–Crippen LogP) is 4.75. The first-order chi connectivity index (χ1) is 12.2. The topological polar surface area (TPSA) is 39.9 Å². The highest BCUT2D eigenvalue weighted by atomic mass is 35.5. The summed E-state index contributed by atoms with van der Waals surface area (Å²) in [4.78, 5) is 0. The molecule has 0 aliphatic carbocycles. The third-order valence-corrected chi connectivity index (χ3v) is 5.18. The van der Waals surface area contributed by atoms with Crippen LogP contribution in [0.25, 0.3) is 0 Å². The fourth-order valence-electron chi connectivity index (χ4n) is 2.46. The van der Waals surface area contributed by atoms with Crippen molar-refractivity contribution >= 4 is 23.4 Å². The smallest absolute Gasteiger partial charge is 0.191 e. The molecule has 0 spiro atoms. The Morgan fingerprint density at radius 1 is 1.08 bits per heavy atom. The Morgan fingerprint density at radius 3 is 2.60 bits per heavy atom. The number of benzene rings is 2. The van der Waals surface area contributed by atoms with E-state index in [0.717, 1.165) is 22.3 Å². The van der Waals surface area contributed by atoms with Crippen LogP contribution in [0, 0.1) is 0 Å². The number of hydrogen-bond donors (Lipinski definition) is 0. The Bertz CT molecular complexity index is 836. The van der Waals surface area contributed by atoms with Crippen molar-refractivity contribution in [3.05, 3.63) is 70.5 Å². The summed E-state index contributed by atoms with van der Waals surface area (Å²) in [5, 5.41) is 10.2. The largest absolute Gasteiger partial charge is 0.492 e. The molecule has 0 N–H and O–H groups in total. The van der Waals surface area contributed by atoms with Crippen molar-refractivity contribution < 1.29 is 4.74 Å². The molecule has 6 heteroatoms. The Morgan fingerprint density at radius 2 is 1.88 bits per heavy atom. The summed E-state index contributed by atoms with van der Waals surface area (Å²) in [5.74, 6) is 2.50. The van der Waals surface area contributed by atoms with Crippen LogP contribution >= 0.6 is 23.4 Å². The summed E-state index contributed by atoms with van der Waals surface area (Å²) in [6.07, 6.45) is 0.682. The van der Waals surface area contributed by atoms with Crippen LogP contribution in [0.2, 0.25) is 5.02 Å². The molecule has 0 aliphatic rings. The lowest BCUT2D eigenvalue weighted by atomic mass is 10.1. The maximum Gasteiger partial charge on any atom is 0.191 e. The number of hydrogen-bond acceptors (Lipinski definition) is 4. The minimum Gasteiger partial charge on any atom is -0.492 e. The Kier molecular flexibility index (Phi) is 6.00. The summed E-state index contributed by atoms with van der Waals surface area (Å²) in [7, 11) is 2.00. The lowest BCUT2D eigenvalue weighted by Crippen LogP contribution is -2.01. The van der Waals surface area contributed by atoms with Gasteiger partial charge in [-0.15, -0.1) is 10.2 Å². The maximum atomic E-state index is 6.26. The molecule has 130 valence electrons. The highest BCUT2D eigenvalue weighted by Gasteiger charge is 2.11. The average Bonchev–Trinajstić information content (AvgIpc) is 2.96. The standard InChI is InChI=1S/C19H20ClN3OS/c1-3-24-17-10-9-15(11-16(17)20)12-18-21-22-19(23(18)2)25-13-14-7-5-4-6-8-14/h4-11H,3,12-13H2,1-2H3. The molecule has 0 fully saturated rings. The highest BCUT2D eigenvalue weighted by Crippen LogP contribution is 2.27. The van der Waals surface area contributed by atoms with Gasteiger partial charge in [0.05, 0.1) is 11.6 Å². The van der Waals surface area contributed by atoms with Gasteiger partial charge in [-0.2, -0.15) is 0 Å². The van der Waals surface area contributed by atoms with E-state index >= 15 is 0 Å². The van der Waals surface area contributed by atoms with Crippen molar-refractivity contribution in [1.29, 1.82) is 0 Å². The van der Waals surface area contributed by atoms with Crippen LogP contribution in [0.15, 0.2) is 53.7 Å². The molecule has 3 rings (SSSR count). The van der Waals surface area contributed by atoms with Gasteiger partial charge in [0.1, 0.15) is 11.6 Å². The number of ether oxygens (including phenoxy) is 1. The summed E-state index contributed by atoms with van der Waals surface area (Å²) < 4.78 is 7.51. The van der Waals surface area contributed by atoms with Crippen molar-refractivity contribution in [3.8, 4) is 5.75 Å². The molecular formula is C19H20ClN3OS. The van der Waals surface area contributed by atoms with E-state index in [-0.39, 0.29) is 0 Å². The first-order valence-electron chi connectivity index (χ1n) is 8.13. The Balaban J connectivity index is 1.68. The van der Waals surface area contributed by atoms with Crippen molar-refractivity contribution in [2.24, 2.45) is 7.05 Å². The van der Waals surface area contributed by atoms with Crippen molar-refractivity contribution in [3.63, 3.8) is 0 Å². The van der Waals surface area contributed by atoms with E-state index in [9.17, 15) is 0 Å². The van der Waals surface area contributed by atoms with E-state index in [2.05, 4.69) is 22.3 Å². The number of rotatable bonds is 7. The molecule has 0 bridgehead atoms. The summed E-state index contributed by atoms with van der Waals surface area (Å²) in [6, 6.07) is 16.2. The lowest BCUT2D eigenvalue weighted by Gasteiger charge is -2.08. The fraction of sp³-hybridized carbons (Fsp3) is 0.263. The van der Waals surface area contributed by atoms with Crippen LogP contribution in [-0.2, 0) is 19.2 Å². The quantitative estimate of drug-likeness (QED) is 0.560. The normalized spacial score (nSPS) is 10.8. The molecule has 0 unspecified atom stereocenters. The zero-order valence-electron chi connectivity index (χ0n) is 14.3. The monoisotopic (exact) mass is 373 g/mol. The van der Waals surface area contributed by atoms with E-state index < -0.39 is 0 Å². The second kappa shape index (κ2) is 8.41. The molecule has 1 heterocycles. The molecule has 0 radical (unpaired) electrons. The molecule has 2 aromatic carbocycles. The van der Waals surface area contributed by atoms with Gasteiger partial charge in [0, 0.05) is 19.2 Å². The summed E-state index contributed by atoms with van der Waals surface area (Å²) in [5.41, 5.74) is 2.36. The molecular weight excluding hydrogens is 354 g/mol. The predicted molar refractivity (Wildman–Crippen MR) is 102 cm³/mol. The van der Waals surface area contributed by atoms with Crippen molar-refractivity contribution in [2.75, 3.05) is 6.61 Å². The van der Waals surface area contributed by atoms with Crippen LogP contribution in [0.5, 0.6) is 5.75 Å². The molecule has 0 saturated heterocycles. The summed E-state index contributed by atoms with van der Waals surface area (Å²) in [6.45, 7) is 2.54. The molecule has 3 aromatic rings. The van der Waals surface area contributed by atoms with E-state index in [1.807, 2.05) is 54.9 Å². The minimum absolute atomic E-state index is 0.602. The average molecular weight is 374 g/mol. The SMILES string of the molecule is CCOc1ccc(Cc2nnc(SCc3ccccc3)n2C)cc1Cl. The van der Waals surface area contributed by atoms with Crippen LogP contribution in [-0.4, -0.2) is 21.4 Å². The number of nitrogens with zero attached hydrogens (tertiary/aromatic N) is 3. The number of halogens is 1. The molecule has 0 saturated carbocycles. The zero-order valence-corrected chi connectivity index (χ0v) is 15.8. The molecule has 1 aromatic heterocycles. The van der Waals surface area contributed by atoms with Gasteiger partial charge >= 0.3 is 0 Å². The second-order valence-corrected chi connectivity index (χ2v) is 6.96. The number of aromatic nitrogens is 3. The van der Waals surface area contributed by atoms with Crippen LogP contribution in [0.3, 0.4) is 0 Å². The minimum atomic E-state index is 0.602. The highest BCUT2D eigenvalue weighted by molar-refractivity contribution is 7.98. The second-order valence-electron chi connectivity index (χ2n) is 5.61. The van der Waals surface area contributed by atoms with E-state index in [1.165, 1.54) is 5.56 Å². The van der Waals surface area contributed by atoms with Gasteiger partial charge in [0.2, 0.25) is 0 Å². The van der Waals surface area contributed by atoms with Crippen LogP contribution < -0.4 is 4.74 Å². The number of thioether (sulfide) groups is 1. The molecule has 0 amide bonds. The fourth-order valence-corrected chi connectivity index (χ4v) is 3.60. The Hall–Kier alpha value is -1.98. The Labute approximate surface area is 157 Å². The molecule has 0 aliphatic heterocycles.